The minimum absolute atomic E-state index is 0.0362. The van der Waals surface area contributed by atoms with E-state index in [0.717, 1.165) is 63.3 Å². The lowest BCUT2D eigenvalue weighted by atomic mass is 9.91. The van der Waals surface area contributed by atoms with Crippen molar-refractivity contribution in [3.63, 3.8) is 0 Å². The van der Waals surface area contributed by atoms with Gasteiger partial charge in [0.15, 0.2) is 0 Å². The molecule has 2 saturated heterocycles. The predicted octanol–water partition coefficient (Wildman–Crippen LogP) is 1.63. The van der Waals surface area contributed by atoms with Gasteiger partial charge in [-0.15, -0.1) is 0 Å². The molecule has 2 N–H and O–H groups in total. The quantitative estimate of drug-likeness (QED) is 0.800. The van der Waals surface area contributed by atoms with Crippen LogP contribution in [0.5, 0.6) is 0 Å². The Bertz CT molecular complexity index is 730. The van der Waals surface area contributed by atoms with Gasteiger partial charge in [-0.3, -0.25) is 14.5 Å². The SMILES string of the molecule is O=C(O)CN1CC[C@H](C(=O)N2CCC(Cc3ccc4c(n3)NCCC4)CC2)C1. The molecule has 1 aromatic heterocycles. The van der Waals surface area contributed by atoms with E-state index in [9.17, 15) is 9.59 Å². The largest absolute Gasteiger partial charge is 0.480 e. The van der Waals surface area contributed by atoms with E-state index in [4.69, 9.17) is 10.1 Å². The summed E-state index contributed by atoms with van der Waals surface area (Å²) < 4.78 is 0. The number of aliphatic carboxylic acids is 1. The maximum atomic E-state index is 12.8. The second-order valence-electron chi connectivity index (χ2n) is 8.43. The number of anilines is 1. The maximum absolute atomic E-state index is 12.8. The van der Waals surface area contributed by atoms with Gasteiger partial charge in [0.25, 0.3) is 0 Å². The summed E-state index contributed by atoms with van der Waals surface area (Å²) in [6, 6.07) is 4.38. The van der Waals surface area contributed by atoms with Crippen LogP contribution in [0.4, 0.5) is 5.82 Å². The summed E-state index contributed by atoms with van der Waals surface area (Å²) in [6.45, 7) is 3.95. The van der Waals surface area contributed by atoms with E-state index in [1.807, 2.05) is 9.80 Å². The van der Waals surface area contributed by atoms with Gasteiger partial charge in [-0.2, -0.15) is 0 Å². The van der Waals surface area contributed by atoms with E-state index >= 15 is 0 Å². The number of aromatic nitrogens is 1. The molecule has 3 aliphatic heterocycles. The molecule has 7 heteroatoms. The Labute approximate surface area is 166 Å². The fourth-order valence-electron chi connectivity index (χ4n) is 4.76. The molecule has 0 radical (unpaired) electrons. The van der Waals surface area contributed by atoms with Crippen LogP contribution in [0.2, 0.25) is 0 Å². The van der Waals surface area contributed by atoms with Crippen LogP contribution in [0, 0.1) is 11.8 Å². The number of carboxylic acid groups (broad SMARTS) is 1. The Kier molecular flexibility index (Phi) is 5.80. The molecule has 1 amide bonds. The standard InChI is InChI=1S/C21H30N4O3/c26-19(27)14-24-9-7-17(13-24)21(28)25-10-5-15(6-11-25)12-18-4-3-16-2-1-8-22-20(16)23-18/h3-4,15,17H,1-2,5-14H2,(H,22,23)(H,26,27)/t17-/m0/s1. The molecule has 1 atom stereocenters. The Balaban J connectivity index is 1.25. The number of carboxylic acids is 1. The van der Waals surface area contributed by atoms with Gasteiger partial charge in [0.1, 0.15) is 5.82 Å². The third-order valence-corrected chi connectivity index (χ3v) is 6.36. The number of hydrogen-bond donors (Lipinski definition) is 2. The summed E-state index contributed by atoms with van der Waals surface area (Å²) in [4.78, 5) is 32.3. The van der Waals surface area contributed by atoms with Crippen molar-refractivity contribution >= 4 is 17.7 Å². The molecule has 0 aliphatic carbocycles. The number of likely N-dealkylation sites (tertiary alicyclic amines) is 2. The summed E-state index contributed by atoms with van der Waals surface area (Å²) in [6.07, 6.45) is 6.08. The molecule has 0 spiro atoms. The number of rotatable bonds is 5. The first-order valence-electron chi connectivity index (χ1n) is 10.5. The van der Waals surface area contributed by atoms with Crippen molar-refractivity contribution in [2.24, 2.45) is 11.8 Å². The zero-order valence-electron chi connectivity index (χ0n) is 16.4. The molecule has 28 heavy (non-hydrogen) atoms. The molecule has 152 valence electrons. The van der Waals surface area contributed by atoms with E-state index in [1.165, 1.54) is 12.0 Å². The third-order valence-electron chi connectivity index (χ3n) is 6.36. The molecule has 0 unspecified atom stereocenters. The van der Waals surface area contributed by atoms with Crippen LogP contribution >= 0.6 is 0 Å². The van der Waals surface area contributed by atoms with Gasteiger partial charge in [-0.25, -0.2) is 4.98 Å². The van der Waals surface area contributed by atoms with E-state index in [2.05, 4.69) is 17.4 Å². The van der Waals surface area contributed by atoms with Crippen LogP contribution in [0.25, 0.3) is 0 Å². The van der Waals surface area contributed by atoms with Crippen LogP contribution in [-0.4, -0.2) is 71.0 Å². The fraction of sp³-hybridized carbons (Fsp3) is 0.667. The second kappa shape index (κ2) is 8.47. The molecule has 3 aliphatic rings. The third kappa shape index (κ3) is 4.46. The number of fused-ring (bicyclic) bond motifs is 1. The lowest BCUT2D eigenvalue weighted by molar-refractivity contribution is -0.139. The monoisotopic (exact) mass is 386 g/mol. The van der Waals surface area contributed by atoms with Gasteiger partial charge >= 0.3 is 5.97 Å². The Hall–Kier alpha value is -2.15. The predicted molar refractivity (Wildman–Crippen MR) is 106 cm³/mol. The Morgan fingerprint density at radius 1 is 1.18 bits per heavy atom. The van der Waals surface area contributed by atoms with Gasteiger partial charge < -0.3 is 15.3 Å². The average Bonchev–Trinajstić information content (AvgIpc) is 3.16. The summed E-state index contributed by atoms with van der Waals surface area (Å²) in [7, 11) is 0. The molecule has 2 fully saturated rings. The highest BCUT2D eigenvalue weighted by atomic mass is 16.4. The minimum atomic E-state index is -0.820. The smallest absolute Gasteiger partial charge is 0.317 e. The van der Waals surface area contributed by atoms with Crippen LogP contribution < -0.4 is 5.32 Å². The molecule has 1 aromatic rings. The van der Waals surface area contributed by atoms with Gasteiger partial charge in [0.2, 0.25) is 5.91 Å². The summed E-state index contributed by atoms with van der Waals surface area (Å²) in [5, 5.41) is 12.3. The lowest BCUT2D eigenvalue weighted by Crippen LogP contribution is -2.43. The van der Waals surface area contributed by atoms with Gasteiger partial charge in [-0.1, -0.05) is 6.07 Å². The summed E-state index contributed by atoms with van der Waals surface area (Å²) >= 11 is 0. The zero-order chi connectivity index (χ0) is 19.5. The number of piperidine rings is 1. The molecule has 7 nitrogen and oxygen atoms in total. The normalized spacial score (nSPS) is 23.3. The first-order valence-corrected chi connectivity index (χ1v) is 10.5. The van der Waals surface area contributed by atoms with E-state index < -0.39 is 5.97 Å². The maximum Gasteiger partial charge on any atom is 0.317 e. The molecule has 4 rings (SSSR count). The molecule has 0 bridgehead atoms. The van der Waals surface area contributed by atoms with Crippen molar-refractivity contribution in [3.8, 4) is 0 Å². The number of carbonyl (C=O) groups is 2. The lowest BCUT2D eigenvalue weighted by Gasteiger charge is -2.33. The van der Waals surface area contributed by atoms with Gasteiger partial charge in [0, 0.05) is 31.9 Å². The number of carbonyl (C=O) groups excluding carboxylic acids is 1. The summed E-state index contributed by atoms with van der Waals surface area (Å²) in [5.41, 5.74) is 2.47. The van der Waals surface area contributed by atoms with Crippen molar-refractivity contribution in [2.75, 3.05) is 44.6 Å². The Morgan fingerprint density at radius 3 is 2.79 bits per heavy atom. The molecule has 0 aromatic carbocycles. The average molecular weight is 386 g/mol. The van der Waals surface area contributed by atoms with Crippen molar-refractivity contribution in [2.45, 2.75) is 38.5 Å². The van der Waals surface area contributed by atoms with Gasteiger partial charge in [0.05, 0.1) is 12.5 Å². The molecule has 0 saturated carbocycles. The van der Waals surface area contributed by atoms with Crippen molar-refractivity contribution in [3.05, 3.63) is 23.4 Å². The minimum Gasteiger partial charge on any atom is -0.480 e. The second-order valence-corrected chi connectivity index (χ2v) is 8.43. The number of pyridine rings is 1. The zero-order valence-corrected chi connectivity index (χ0v) is 16.4. The fourth-order valence-corrected chi connectivity index (χ4v) is 4.76. The van der Waals surface area contributed by atoms with Crippen molar-refractivity contribution in [1.29, 1.82) is 0 Å². The van der Waals surface area contributed by atoms with Crippen LogP contribution in [0.3, 0.4) is 0 Å². The number of aryl methyl sites for hydroxylation is 1. The number of nitrogens with one attached hydrogen (secondary N) is 1. The van der Waals surface area contributed by atoms with Crippen molar-refractivity contribution in [1.82, 2.24) is 14.8 Å². The van der Waals surface area contributed by atoms with Crippen LogP contribution in [-0.2, 0) is 22.4 Å². The van der Waals surface area contributed by atoms with E-state index in [0.29, 0.717) is 19.0 Å². The highest BCUT2D eigenvalue weighted by molar-refractivity contribution is 5.79. The first kappa shape index (κ1) is 19.2. The van der Waals surface area contributed by atoms with Crippen LogP contribution in [0.15, 0.2) is 12.1 Å². The Morgan fingerprint density at radius 2 is 2.00 bits per heavy atom. The molecular formula is C21H30N4O3. The topological polar surface area (TPSA) is 85.8 Å². The van der Waals surface area contributed by atoms with Crippen LogP contribution in [0.1, 0.15) is 36.9 Å². The van der Waals surface area contributed by atoms with E-state index in [-0.39, 0.29) is 18.4 Å². The van der Waals surface area contributed by atoms with Crippen molar-refractivity contribution < 1.29 is 14.7 Å². The highest BCUT2D eigenvalue weighted by Gasteiger charge is 2.33. The molecule has 4 heterocycles. The van der Waals surface area contributed by atoms with E-state index in [1.54, 1.807) is 0 Å². The van der Waals surface area contributed by atoms with Gasteiger partial charge in [-0.05, 0) is 62.6 Å². The summed E-state index contributed by atoms with van der Waals surface area (Å²) in [5.74, 6) is 0.987. The number of nitrogens with zero attached hydrogens (tertiary/aromatic N) is 3. The highest BCUT2D eigenvalue weighted by Crippen LogP contribution is 2.26. The number of amides is 1. The number of hydrogen-bond acceptors (Lipinski definition) is 5. The molecular weight excluding hydrogens is 356 g/mol. The first-order chi connectivity index (χ1) is 13.6.